The van der Waals surface area contributed by atoms with Gasteiger partial charge < -0.3 is 5.73 Å². The quantitative estimate of drug-likeness (QED) is 0.471. The molecule has 0 aliphatic rings. The lowest BCUT2D eigenvalue weighted by atomic mass is 9.97. The van der Waals surface area contributed by atoms with E-state index in [0.29, 0.717) is 5.92 Å². The van der Waals surface area contributed by atoms with E-state index in [1.165, 1.54) is 0 Å². The van der Waals surface area contributed by atoms with Crippen molar-refractivity contribution in [2.24, 2.45) is 5.92 Å². The van der Waals surface area contributed by atoms with Crippen LogP contribution in [0, 0.1) is 23.0 Å². The minimum atomic E-state index is -0.443. The fourth-order valence-corrected chi connectivity index (χ4v) is 1.57. The molecule has 0 saturated heterocycles. The summed E-state index contributed by atoms with van der Waals surface area (Å²) in [6.45, 7) is 6.10. The Morgan fingerprint density at radius 1 is 1.47 bits per heavy atom. The summed E-state index contributed by atoms with van der Waals surface area (Å²) in [6, 6.07) is 3.26. The monoisotopic (exact) mass is 208 g/mol. The minimum absolute atomic E-state index is 0.00000567. The molecular formula is C11H16N2O2. The van der Waals surface area contributed by atoms with Crippen molar-refractivity contribution >= 4 is 11.4 Å². The molecule has 4 heteroatoms. The fraction of sp³-hybridized carbons (Fsp3) is 0.455. The van der Waals surface area contributed by atoms with Crippen LogP contribution in [0.15, 0.2) is 12.1 Å². The number of aryl methyl sites for hydroxylation is 1. The average Bonchev–Trinajstić information content (AvgIpc) is 2.09. The predicted octanol–water partition coefficient (Wildman–Crippen LogP) is 2.68. The third kappa shape index (κ3) is 2.68. The number of hydrogen-bond acceptors (Lipinski definition) is 3. The maximum atomic E-state index is 10.6. The van der Waals surface area contributed by atoms with Crippen LogP contribution in [-0.4, -0.2) is 4.92 Å². The normalized spacial score (nSPS) is 10.7. The number of nitrogens with two attached hydrogens (primary N) is 1. The molecule has 0 saturated carbocycles. The first-order chi connectivity index (χ1) is 6.91. The zero-order chi connectivity index (χ0) is 11.6. The first kappa shape index (κ1) is 11.5. The summed E-state index contributed by atoms with van der Waals surface area (Å²) in [5.41, 5.74) is 7.90. The molecule has 0 bridgehead atoms. The topological polar surface area (TPSA) is 69.2 Å². The standard InChI is InChI=1S/C11H16N2O2/c1-7(2)4-9-6-10(12)11(13(14)15)5-8(9)3/h5-7H,4,12H2,1-3H3. The lowest BCUT2D eigenvalue weighted by Crippen LogP contribution is -2.02. The van der Waals surface area contributed by atoms with Crippen LogP contribution in [0.1, 0.15) is 25.0 Å². The Balaban J connectivity index is 3.13. The molecular weight excluding hydrogens is 192 g/mol. The number of anilines is 1. The summed E-state index contributed by atoms with van der Waals surface area (Å²) in [6.07, 6.45) is 0.897. The SMILES string of the molecule is Cc1cc([N+](=O)[O-])c(N)cc1CC(C)C. The molecule has 0 atom stereocenters. The van der Waals surface area contributed by atoms with Crippen LogP contribution in [0.4, 0.5) is 11.4 Å². The molecule has 0 aromatic heterocycles. The molecule has 1 rings (SSSR count). The van der Waals surface area contributed by atoms with Gasteiger partial charge in [-0.15, -0.1) is 0 Å². The van der Waals surface area contributed by atoms with Gasteiger partial charge in [-0.1, -0.05) is 13.8 Å². The molecule has 82 valence electrons. The second kappa shape index (κ2) is 4.29. The molecule has 0 aliphatic heterocycles. The Kier molecular flexibility index (Phi) is 3.29. The number of nitrogen functional groups attached to an aromatic ring is 1. The van der Waals surface area contributed by atoms with Gasteiger partial charge in [0, 0.05) is 6.07 Å². The van der Waals surface area contributed by atoms with Gasteiger partial charge >= 0.3 is 0 Å². The van der Waals surface area contributed by atoms with E-state index in [0.717, 1.165) is 17.5 Å². The van der Waals surface area contributed by atoms with E-state index in [1.54, 1.807) is 12.1 Å². The molecule has 2 N–H and O–H groups in total. The van der Waals surface area contributed by atoms with E-state index in [2.05, 4.69) is 13.8 Å². The summed E-state index contributed by atoms with van der Waals surface area (Å²) in [5, 5.41) is 10.6. The van der Waals surface area contributed by atoms with E-state index in [9.17, 15) is 10.1 Å². The second-order valence-corrected chi connectivity index (χ2v) is 4.19. The molecule has 4 nitrogen and oxygen atoms in total. The van der Waals surface area contributed by atoms with Gasteiger partial charge in [0.05, 0.1) is 4.92 Å². The van der Waals surface area contributed by atoms with E-state index < -0.39 is 4.92 Å². The molecule has 1 aromatic carbocycles. The second-order valence-electron chi connectivity index (χ2n) is 4.19. The molecule has 0 heterocycles. The number of nitro groups is 1. The van der Waals surface area contributed by atoms with Gasteiger partial charge in [-0.3, -0.25) is 10.1 Å². The first-order valence-electron chi connectivity index (χ1n) is 4.95. The molecule has 0 spiro atoms. The maximum Gasteiger partial charge on any atom is 0.292 e. The zero-order valence-corrected chi connectivity index (χ0v) is 9.28. The molecule has 0 unspecified atom stereocenters. The molecule has 0 radical (unpaired) electrons. The van der Waals surface area contributed by atoms with Crippen molar-refractivity contribution in [2.45, 2.75) is 27.2 Å². The Morgan fingerprint density at radius 3 is 2.53 bits per heavy atom. The molecule has 0 fully saturated rings. The van der Waals surface area contributed by atoms with Crippen LogP contribution in [0.5, 0.6) is 0 Å². The highest BCUT2D eigenvalue weighted by atomic mass is 16.6. The zero-order valence-electron chi connectivity index (χ0n) is 9.28. The lowest BCUT2D eigenvalue weighted by molar-refractivity contribution is -0.384. The van der Waals surface area contributed by atoms with Crippen molar-refractivity contribution in [1.29, 1.82) is 0 Å². The smallest absolute Gasteiger partial charge is 0.292 e. The first-order valence-corrected chi connectivity index (χ1v) is 4.95. The third-order valence-electron chi connectivity index (χ3n) is 2.31. The Hall–Kier alpha value is -1.58. The summed E-state index contributed by atoms with van der Waals surface area (Å²) in [7, 11) is 0. The Labute approximate surface area is 89.2 Å². The number of benzene rings is 1. The van der Waals surface area contributed by atoms with Gasteiger partial charge in [0.1, 0.15) is 5.69 Å². The molecule has 1 aromatic rings. The van der Waals surface area contributed by atoms with Crippen LogP contribution in [0.25, 0.3) is 0 Å². The number of hydrogen-bond donors (Lipinski definition) is 1. The van der Waals surface area contributed by atoms with Crippen LogP contribution < -0.4 is 5.73 Å². The number of rotatable bonds is 3. The van der Waals surface area contributed by atoms with Gasteiger partial charge in [0.2, 0.25) is 0 Å². The largest absolute Gasteiger partial charge is 0.393 e. The van der Waals surface area contributed by atoms with Crippen molar-refractivity contribution in [3.05, 3.63) is 33.4 Å². The van der Waals surface area contributed by atoms with E-state index in [-0.39, 0.29) is 11.4 Å². The van der Waals surface area contributed by atoms with Crippen molar-refractivity contribution < 1.29 is 4.92 Å². The Morgan fingerprint density at radius 2 is 2.07 bits per heavy atom. The molecule has 0 aliphatic carbocycles. The summed E-state index contributed by atoms with van der Waals surface area (Å²) in [5.74, 6) is 0.518. The minimum Gasteiger partial charge on any atom is -0.393 e. The van der Waals surface area contributed by atoms with E-state index >= 15 is 0 Å². The molecule has 15 heavy (non-hydrogen) atoms. The summed E-state index contributed by atoms with van der Waals surface area (Å²) < 4.78 is 0. The highest BCUT2D eigenvalue weighted by Crippen LogP contribution is 2.26. The fourth-order valence-electron chi connectivity index (χ4n) is 1.57. The molecule has 0 amide bonds. The predicted molar refractivity (Wildman–Crippen MR) is 60.8 cm³/mol. The lowest BCUT2D eigenvalue weighted by Gasteiger charge is -2.09. The van der Waals surface area contributed by atoms with Crippen LogP contribution >= 0.6 is 0 Å². The average molecular weight is 208 g/mol. The van der Waals surface area contributed by atoms with Gasteiger partial charge in [0.15, 0.2) is 0 Å². The third-order valence-corrected chi connectivity index (χ3v) is 2.31. The van der Waals surface area contributed by atoms with Gasteiger partial charge in [-0.25, -0.2) is 0 Å². The van der Waals surface area contributed by atoms with Crippen LogP contribution in [0.2, 0.25) is 0 Å². The van der Waals surface area contributed by atoms with Crippen molar-refractivity contribution in [3.8, 4) is 0 Å². The highest BCUT2D eigenvalue weighted by molar-refractivity contribution is 5.61. The van der Waals surface area contributed by atoms with Crippen molar-refractivity contribution in [3.63, 3.8) is 0 Å². The van der Waals surface area contributed by atoms with Crippen molar-refractivity contribution in [2.75, 3.05) is 5.73 Å². The van der Waals surface area contributed by atoms with Crippen molar-refractivity contribution in [1.82, 2.24) is 0 Å². The highest BCUT2D eigenvalue weighted by Gasteiger charge is 2.14. The van der Waals surface area contributed by atoms with Gasteiger partial charge in [0.25, 0.3) is 5.69 Å². The van der Waals surface area contributed by atoms with E-state index in [4.69, 9.17) is 5.73 Å². The number of nitrogens with zero attached hydrogens (tertiary/aromatic N) is 1. The van der Waals surface area contributed by atoms with Crippen LogP contribution in [-0.2, 0) is 6.42 Å². The van der Waals surface area contributed by atoms with Gasteiger partial charge in [-0.05, 0) is 36.5 Å². The van der Waals surface area contributed by atoms with Crippen LogP contribution in [0.3, 0.4) is 0 Å². The summed E-state index contributed by atoms with van der Waals surface area (Å²) in [4.78, 5) is 10.2. The van der Waals surface area contributed by atoms with Gasteiger partial charge in [-0.2, -0.15) is 0 Å². The van der Waals surface area contributed by atoms with E-state index in [1.807, 2.05) is 6.92 Å². The summed E-state index contributed by atoms with van der Waals surface area (Å²) >= 11 is 0. The Bertz CT molecular complexity index is 386. The maximum absolute atomic E-state index is 10.6. The number of nitro benzene ring substituents is 1.